The van der Waals surface area contributed by atoms with Crippen LogP contribution in [0.2, 0.25) is 0 Å². The Balaban J connectivity index is 1.53. The second-order valence-corrected chi connectivity index (χ2v) is 7.41. The zero-order valence-corrected chi connectivity index (χ0v) is 17.6. The van der Waals surface area contributed by atoms with Crippen LogP contribution in [-0.4, -0.2) is 43.1 Å². The van der Waals surface area contributed by atoms with E-state index in [1.807, 2.05) is 4.90 Å². The molecule has 0 atom stereocenters. The molecule has 2 amide bonds. The standard InChI is InChI=1S/C24H23FN4O3/c1-16-3-2-4-19(22(16)28-23(30)17-7-9-26-10-8-17)24(31)27-18-5-6-21(20(25)15-18)29-11-13-32-14-12-29/h2-10,15H,11-14H2,1H3,(H,27,31)(H,28,30). The van der Waals surface area contributed by atoms with E-state index in [9.17, 15) is 14.0 Å². The maximum absolute atomic E-state index is 14.7. The molecule has 3 aromatic rings. The highest BCUT2D eigenvalue weighted by Gasteiger charge is 2.19. The lowest BCUT2D eigenvalue weighted by Gasteiger charge is -2.29. The van der Waals surface area contributed by atoms with Gasteiger partial charge in [-0.1, -0.05) is 12.1 Å². The molecule has 0 saturated carbocycles. The second kappa shape index (κ2) is 9.57. The molecule has 2 aromatic carbocycles. The van der Waals surface area contributed by atoms with E-state index in [0.29, 0.717) is 48.9 Å². The predicted molar refractivity (Wildman–Crippen MR) is 121 cm³/mol. The summed E-state index contributed by atoms with van der Waals surface area (Å²) >= 11 is 0. The fraction of sp³-hybridized carbons (Fsp3) is 0.208. The highest BCUT2D eigenvalue weighted by Crippen LogP contribution is 2.26. The van der Waals surface area contributed by atoms with Crippen molar-refractivity contribution < 1.29 is 18.7 Å². The number of benzene rings is 2. The van der Waals surface area contributed by atoms with Gasteiger partial charge in [-0.2, -0.15) is 0 Å². The molecular formula is C24H23FN4O3. The number of carbonyl (C=O) groups excluding carboxylic acids is 2. The third-order valence-corrected chi connectivity index (χ3v) is 5.26. The lowest BCUT2D eigenvalue weighted by Crippen LogP contribution is -2.36. The molecule has 0 unspecified atom stereocenters. The van der Waals surface area contributed by atoms with Crippen molar-refractivity contribution in [1.29, 1.82) is 0 Å². The third-order valence-electron chi connectivity index (χ3n) is 5.26. The summed E-state index contributed by atoms with van der Waals surface area (Å²) < 4.78 is 20.0. The number of anilines is 3. The first-order valence-corrected chi connectivity index (χ1v) is 10.3. The maximum atomic E-state index is 14.7. The molecule has 2 heterocycles. The Hall–Kier alpha value is -3.78. The Kier molecular flexibility index (Phi) is 6.42. The van der Waals surface area contributed by atoms with E-state index >= 15 is 0 Å². The molecule has 1 aliphatic rings. The first-order chi connectivity index (χ1) is 15.5. The summed E-state index contributed by atoms with van der Waals surface area (Å²) in [6, 6.07) is 12.9. The number of morpholine rings is 1. The topological polar surface area (TPSA) is 83.6 Å². The van der Waals surface area contributed by atoms with Gasteiger partial charge in [0.15, 0.2) is 0 Å². The van der Waals surface area contributed by atoms with Crippen LogP contribution in [0.25, 0.3) is 0 Å². The summed E-state index contributed by atoms with van der Waals surface area (Å²) in [6.45, 7) is 4.15. The average Bonchev–Trinajstić information content (AvgIpc) is 2.81. The van der Waals surface area contributed by atoms with Gasteiger partial charge in [-0.3, -0.25) is 14.6 Å². The van der Waals surface area contributed by atoms with Crippen molar-refractivity contribution in [3.63, 3.8) is 0 Å². The van der Waals surface area contributed by atoms with E-state index in [1.165, 1.54) is 18.5 Å². The van der Waals surface area contributed by atoms with Crippen molar-refractivity contribution >= 4 is 28.9 Å². The Morgan fingerprint density at radius 2 is 1.75 bits per heavy atom. The number of carbonyl (C=O) groups is 2. The molecule has 8 heteroatoms. The highest BCUT2D eigenvalue weighted by atomic mass is 19.1. The number of amides is 2. The molecule has 32 heavy (non-hydrogen) atoms. The molecule has 2 N–H and O–H groups in total. The number of aromatic nitrogens is 1. The van der Waals surface area contributed by atoms with Gasteiger partial charge in [0, 0.05) is 36.7 Å². The summed E-state index contributed by atoms with van der Waals surface area (Å²) in [7, 11) is 0. The van der Waals surface area contributed by atoms with Crippen LogP contribution in [0.5, 0.6) is 0 Å². The Morgan fingerprint density at radius 3 is 2.47 bits per heavy atom. The number of pyridine rings is 1. The number of ether oxygens (including phenoxy) is 1. The molecule has 1 aliphatic heterocycles. The van der Waals surface area contributed by atoms with Crippen LogP contribution in [0, 0.1) is 12.7 Å². The molecule has 0 aliphatic carbocycles. The molecule has 164 valence electrons. The Morgan fingerprint density at radius 1 is 1.00 bits per heavy atom. The van der Waals surface area contributed by atoms with Gasteiger partial charge in [-0.15, -0.1) is 0 Å². The molecule has 0 bridgehead atoms. The molecule has 1 saturated heterocycles. The normalized spacial score (nSPS) is 13.5. The average molecular weight is 434 g/mol. The van der Waals surface area contributed by atoms with Crippen molar-refractivity contribution in [2.45, 2.75) is 6.92 Å². The van der Waals surface area contributed by atoms with Gasteiger partial charge in [0.05, 0.1) is 30.2 Å². The van der Waals surface area contributed by atoms with E-state index in [2.05, 4.69) is 15.6 Å². The maximum Gasteiger partial charge on any atom is 0.257 e. The number of hydrogen-bond acceptors (Lipinski definition) is 5. The van der Waals surface area contributed by atoms with E-state index in [4.69, 9.17) is 4.74 Å². The van der Waals surface area contributed by atoms with Crippen molar-refractivity contribution in [3.05, 3.63) is 83.4 Å². The van der Waals surface area contributed by atoms with Crippen LogP contribution in [0.15, 0.2) is 60.9 Å². The van der Waals surface area contributed by atoms with Gasteiger partial charge in [0.25, 0.3) is 11.8 Å². The second-order valence-electron chi connectivity index (χ2n) is 7.41. The van der Waals surface area contributed by atoms with Crippen LogP contribution >= 0.6 is 0 Å². The summed E-state index contributed by atoms with van der Waals surface area (Å²) in [5.41, 5.74) is 2.65. The van der Waals surface area contributed by atoms with Gasteiger partial charge in [0.2, 0.25) is 0 Å². The van der Waals surface area contributed by atoms with Crippen molar-refractivity contribution in [1.82, 2.24) is 4.98 Å². The van der Waals surface area contributed by atoms with Crippen LogP contribution in [-0.2, 0) is 4.74 Å². The van der Waals surface area contributed by atoms with Crippen LogP contribution in [0.1, 0.15) is 26.3 Å². The van der Waals surface area contributed by atoms with Gasteiger partial charge in [0.1, 0.15) is 5.82 Å². The number of nitrogens with zero attached hydrogens (tertiary/aromatic N) is 2. The fourth-order valence-electron chi connectivity index (χ4n) is 3.56. The molecule has 0 radical (unpaired) electrons. The number of nitrogens with one attached hydrogen (secondary N) is 2. The molecule has 7 nitrogen and oxygen atoms in total. The minimum atomic E-state index is -0.447. The quantitative estimate of drug-likeness (QED) is 0.637. The number of para-hydroxylation sites is 1. The summed E-state index contributed by atoms with van der Waals surface area (Å²) in [4.78, 5) is 31.4. The Labute approximate surface area is 185 Å². The van der Waals surface area contributed by atoms with E-state index in [1.54, 1.807) is 49.4 Å². The van der Waals surface area contributed by atoms with Crippen molar-refractivity contribution in [2.24, 2.45) is 0 Å². The highest BCUT2D eigenvalue weighted by molar-refractivity contribution is 6.13. The smallest absolute Gasteiger partial charge is 0.257 e. The van der Waals surface area contributed by atoms with Crippen LogP contribution in [0.4, 0.5) is 21.5 Å². The Bertz CT molecular complexity index is 1130. The first-order valence-electron chi connectivity index (χ1n) is 10.3. The monoisotopic (exact) mass is 434 g/mol. The summed E-state index contributed by atoms with van der Waals surface area (Å²) in [5, 5.41) is 5.53. The molecule has 4 rings (SSSR count). The minimum Gasteiger partial charge on any atom is -0.378 e. The van der Waals surface area contributed by atoms with Gasteiger partial charge in [-0.25, -0.2) is 4.39 Å². The SMILES string of the molecule is Cc1cccc(C(=O)Nc2ccc(N3CCOCC3)c(F)c2)c1NC(=O)c1ccncc1. The lowest BCUT2D eigenvalue weighted by atomic mass is 10.1. The first kappa shape index (κ1) is 21.5. The van der Waals surface area contributed by atoms with E-state index in [-0.39, 0.29) is 11.5 Å². The zero-order chi connectivity index (χ0) is 22.5. The number of halogens is 1. The molecular weight excluding hydrogens is 411 g/mol. The predicted octanol–water partition coefficient (Wildman–Crippen LogP) is 3.87. The van der Waals surface area contributed by atoms with Crippen LogP contribution in [0.3, 0.4) is 0 Å². The number of hydrogen-bond donors (Lipinski definition) is 2. The van der Waals surface area contributed by atoms with Gasteiger partial charge < -0.3 is 20.3 Å². The summed E-state index contributed by atoms with van der Waals surface area (Å²) in [6.07, 6.45) is 3.05. The van der Waals surface area contributed by atoms with E-state index in [0.717, 1.165) is 5.56 Å². The van der Waals surface area contributed by atoms with Gasteiger partial charge in [-0.05, 0) is 48.9 Å². The molecule has 1 fully saturated rings. The fourth-order valence-corrected chi connectivity index (χ4v) is 3.56. The zero-order valence-electron chi connectivity index (χ0n) is 17.6. The largest absolute Gasteiger partial charge is 0.378 e. The third kappa shape index (κ3) is 4.76. The lowest BCUT2D eigenvalue weighted by molar-refractivity contribution is 0.102. The van der Waals surface area contributed by atoms with Crippen LogP contribution < -0.4 is 15.5 Å². The minimum absolute atomic E-state index is 0.282. The molecule has 1 aromatic heterocycles. The summed E-state index contributed by atoms with van der Waals surface area (Å²) in [5.74, 6) is -1.21. The van der Waals surface area contributed by atoms with Crippen molar-refractivity contribution in [3.8, 4) is 0 Å². The van der Waals surface area contributed by atoms with Gasteiger partial charge >= 0.3 is 0 Å². The number of rotatable bonds is 5. The number of aryl methyl sites for hydroxylation is 1. The van der Waals surface area contributed by atoms with E-state index < -0.39 is 11.7 Å². The van der Waals surface area contributed by atoms with Crippen molar-refractivity contribution in [2.75, 3.05) is 41.8 Å². The molecule has 0 spiro atoms.